The first kappa shape index (κ1) is 22.9. The van der Waals surface area contributed by atoms with Gasteiger partial charge in [0.15, 0.2) is 11.5 Å². The molecule has 0 aromatic heterocycles. The van der Waals surface area contributed by atoms with Gasteiger partial charge < -0.3 is 19.7 Å². The molecule has 2 aliphatic carbocycles. The van der Waals surface area contributed by atoms with Crippen molar-refractivity contribution in [3.8, 4) is 0 Å². The Morgan fingerprint density at radius 1 is 1.26 bits per heavy atom. The van der Waals surface area contributed by atoms with Crippen molar-refractivity contribution in [2.45, 2.75) is 58.4 Å². The number of hydrogen-bond acceptors (Lipinski definition) is 4. The predicted molar refractivity (Wildman–Crippen MR) is 121 cm³/mol. The SMILES string of the molecule is CCOC1=C(OC)C=CCC(C(CC)N2CC/C=C\C=C(\NC(=O)C3CC3)CC2=O)=C1. The smallest absolute Gasteiger partial charge is 0.229 e. The van der Waals surface area contributed by atoms with E-state index in [-0.39, 0.29) is 30.2 Å². The molecule has 1 unspecified atom stereocenters. The molecule has 3 rings (SSSR count). The average Bonchev–Trinajstić information content (AvgIpc) is 3.60. The molecule has 0 radical (unpaired) electrons. The molecule has 0 aromatic rings. The summed E-state index contributed by atoms with van der Waals surface area (Å²) in [5.41, 5.74) is 1.80. The number of amides is 2. The Morgan fingerprint density at radius 3 is 2.74 bits per heavy atom. The quantitative estimate of drug-likeness (QED) is 0.634. The van der Waals surface area contributed by atoms with E-state index in [0.29, 0.717) is 30.4 Å². The molecule has 6 nitrogen and oxygen atoms in total. The Morgan fingerprint density at radius 2 is 2.06 bits per heavy atom. The predicted octanol–water partition coefficient (Wildman–Crippen LogP) is 4.13. The molecular weight excluding hydrogens is 392 g/mol. The van der Waals surface area contributed by atoms with Crippen LogP contribution in [0.1, 0.15) is 52.4 Å². The molecule has 0 bridgehead atoms. The molecule has 0 aromatic carbocycles. The lowest BCUT2D eigenvalue weighted by Crippen LogP contribution is -2.42. The van der Waals surface area contributed by atoms with Crippen LogP contribution in [0.2, 0.25) is 0 Å². The highest BCUT2D eigenvalue weighted by Gasteiger charge is 2.31. The maximum absolute atomic E-state index is 13.3. The normalized spacial score (nSPS) is 23.5. The zero-order valence-electron chi connectivity index (χ0n) is 18.9. The summed E-state index contributed by atoms with van der Waals surface area (Å²) in [6.07, 6.45) is 16.2. The molecule has 1 saturated carbocycles. The lowest BCUT2D eigenvalue weighted by molar-refractivity contribution is -0.132. The fourth-order valence-electron chi connectivity index (χ4n) is 4.00. The fourth-order valence-corrected chi connectivity index (χ4v) is 4.00. The molecular formula is C25H34N2O4. The molecule has 6 heteroatoms. The van der Waals surface area contributed by atoms with E-state index in [9.17, 15) is 9.59 Å². The van der Waals surface area contributed by atoms with E-state index < -0.39 is 0 Å². The number of nitrogens with zero attached hydrogens (tertiary/aromatic N) is 1. The van der Waals surface area contributed by atoms with Gasteiger partial charge in [0, 0.05) is 18.2 Å². The summed E-state index contributed by atoms with van der Waals surface area (Å²) in [6.45, 7) is 5.22. The second kappa shape index (κ2) is 11.0. The van der Waals surface area contributed by atoms with Crippen LogP contribution in [0, 0.1) is 5.92 Å². The topological polar surface area (TPSA) is 67.9 Å². The molecule has 1 N–H and O–H groups in total. The second-order valence-corrected chi connectivity index (χ2v) is 8.05. The first-order valence-corrected chi connectivity index (χ1v) is 11.3. The highest BCUT2D eigenvalue weighted by molar-refractivity contribution is 5.85. The molecule has 1 heterocycles. The minimum atomic E-state index is -0.0457. The molecule has 2 amide bonds. The van der Waals surface area contributed by atoms with Gasteiger partial charge in [0.25, 0.3) is 0 Å². The van der Waals surface area contributed by atoms with Crippen molar-refractivity contribution in [3.63, 3.8) is 0 Å². The second-order valence-electron chi connectivity index (χ2n) is 8.05. The van der Waals surface area contributed by atoms with Crippen molar-refractivity contribution in [1.29, 1.82) is 0 Å². The molecule has 31 heavy (non-hydrogen) atoms. The summed E-state index contributed by atoms with van der Waals surface area (Å²) in [4.78, 5) is 27.5. The van der Waals surface area contributed by atoms with Crippen LogP contribution >= 0.6 is 0 Å². The standard InChI is InChI=1S/C25H34N2O4/c1-4-21(19-10-9-12-22(30-3)23(16-19)31-5-2)27-15-8-6-7-11-20(17-24(27)28)26-25(29)18-13-14-18/h6-7,9,11-12,16,18,21H,4-5,8,10,13-15,17H2,1-3H3,(H,26,29)/b7-6-,20-11+. The van der Waals surface area contributed by atoms with Crippen LogP contribution in [0.3, 0.4) is 0 Å². The highest BCUT2D eigenvalue weighted by Crippen LogP contribution is 2.30. The fraction of sp³-hybridized carbons (Fsp3) is 0.520. The minimum absolute atomic E-state index is 0.0282. The van der Waals surface area contributed by atoms with E-state index in [1.807, 2.05) is 36.1 Å². The first-order chi connectivity index (χ1) is 15.1. The van der Waals surface area contributed by atoms with Gasteiger partial charge in [-0.25, -0.2) is 0 Å². The van der Waals surface area contributed by atoms with Crippen molar-refractivity contribution in [1.82, 2.24) is 10.2 Å². The summed E-state index contributed by atoms with van der Waals surface area (Å²) in [7, 11) is 1.64. The van der Waals surface area contributed by atoms with Crippen LogP contribution in [0.15, 0.2) is 59.2 Å². The van der Waals surface area contributed by atoms with Gasteiger partial charge in [-0.05, 0) is 62.8 Å². The van der Waals surface area contributed by atoms with Gasteiger partial charge in [-0.3, -0.25) is 9.59 Å². The third-order valence-corrected chi connectivity index (χ3v) is 5.76. The lowest BCUT2D eigenvalue weighted by atomic mass is 9.98. The molecule has 168 valence electrons. The molecule has 1 aliphatic heterocycles. The van der Waals surface area contributed by atoms with E-state index in [4.69, 9.17) is 9.47 Å². The van der Waals surface area contributed by atoms with Crippen LogP contribution in [-0.2, 0) is 19.1 Å². The third kappa shape index (κ3) is 6.12. The first-order valence-electron chi connectivity index (χ1n) is 11.3. The van der Waals surface area contributed by atoms with Gasteiger partial charge >= 0.3 is 0 Å². The number of hydrogen-bond donors (Lipinski definition) is 1. The van der Waals surface area contributed by atoms with E-state index in [1.165, 1.54) is 0 Å². The summed E-state index contributed by atoms with van der Waals surface area (Å²) in [5.74, 6) is 1.55. The Balaban J connectivity index is 1.82. The van der Waals surface area contributed by atoms with Crippen LogP contribution in [0.25, 0.3) is 0 Å². The van der Waals surface area contributed by atoms with Crippen molar-refractivity contribution < 1.29 is 19.1 Å². The number of methoxy groups -OCH3 is 1. The van der Waals surface area contributed by atoms with Gasteiger partial charge in [0.1, 0.15) is 0 Å². The van der Waals surface area contributed by atoms with Crippen molar-refractivity contribution in [2.75, 3.05) is 20.3 Å². The Kier molecular flexibility index (Phi) is 8.15. The molecule has 3 aliphatic rings. The van der Waals surface area contributed by atoms with Crippen molar-refractivity contribution in [3.05, 3.63) is 59.2 Å². The average molecular weight is 427 g/mol. The van der Waals surface area contributed by atoms with E-state index in [2.05, 4.69) is 24.4 Å². The zero-order chi connectivity index (χ0) is 22.2. The van der Waals surface area contributed by atoms with Crippen LogP contribution < -0.4 is 5.32 Å². The van der Waals surface area contributed by atoms with Gasteiger partial charge in [0.05, 0.1) is 26.2 Å². The number of ether oxygens (including phenoxy) is 2. The Labute approximate surface area is 185 Å². The van der Waals surface area contributed by atoms with Gasteiger partial charge in [-0.15, -0.1) is 0 Å². The maximum atomic E-state index is 13.3. The molecule has 1 fully saturated rings. The van der Waals surface area contributed by atoms with Crippen molar-refractivity contribution >= 4 is 11.8 Å². The van der Waals surface area contributed by atoms with E-state index in [1.54, 1.807) is 7.11 Å². The summed E-state index contributed by atoms with van der Waals surface area (Å²) < 4.78 is 11.3. The highest BCUT2D eigenvalue weighted by atomic mass is 16.5. The summed E-state index contributed by atoms with van der Waals surface area (Å²) in [6, 6.07) is -0.0457. The molecule has 1 atom stereocenters. The Hall–Kier alpha value is -2.76. The molecule has 0 saturated heterocycles. The molecule has 0 spiro atoms. The van der Waals surface area contributed by atoms with Crippen LogP contribution in [0.5, 0.6) is 0 Å². The van der Waals surface area contributed by atoms with Gasteiger partial charge in [-0.1, -0.05) is 25.2 Å². The minimum Gasteiger partial charge on any atom is -0.493 e. The van der Waals surface area contributed by atoms with Gasteiger partial charge in [0.2, 0.25) is 11.8 Å². The van der Waals surface area contributed by atoms with E-state index in [0.717, 1.165) is 37.7 Å². The Bertz CT molecular complexity index is 830. The van der Waals surface area contributed by atoms with Gasteiger partial charge in [-0.2, -0.15) is 0 Å². The number of rotatable bonds is 8. The monoisotopic (exact) mass is 426 g/mol. The maximum Gasteiger partial charge on any atom is 0.229 e. The van der Waals surface area contributed by atoms with Crippen molar-refractivity contribution in [2.24, 2.45) is 5.92 Å². The number of carbonyl (C=O) groups is 2. The lowest BCUT2D eigenvalue weighted by Gasteiger charge is -2.33. The van der Waals surface area contributed by atoms with Crippen LogP contribution in [0.4, 0.5) is 0 Å². The third-order valence-electron chi connectivity index (χ3n) is 5.76. The summed E-state index contributed by atoms with van der Waals surface area (Å²) in [5, 5.41) is 2.96. The largest absolute Gasteiger partial charge is 0.493 e. The summed E-state index contributed by atoms with van der Waals surface area (Å²) >= 11 is 0. The number of carbonyl (C=O) groups excluding carboxylic acids is 2. The number of allylic oxidation sites excluding steroid dienone is 5. The number of nitrogens with one attached hydrogen (secondary N) is 1. The zero-order valence-corrected chi connectivity index (χ0v) is 18.9. The van der Waals surface area contributed by atoms with E-state index >= 15 is 0 Å². The van der Waals surface area contributed by atoms with Crippen LogP contribution in [-0.4, -0.2) is 43.0 Å².